The van der Waals surface area contributed by atoms with Crippen LogP contribution in [0.3, 0.4) is 0 Å². The van der Waals surface area contributed by atoms with Gasteiger partial charge in [0.2, 0.25) is 18.6 Å². The smallest absolute Gasteiger partial charge is 0.277 e. The molecule has 7 nitrogen and oxygen atoms in total. The van der Waals surface area contributed by atoms with Gasteiger partial charge in [-0.25, -0.2) is 0 Å². The molecule has 0 aliphatic carbocycles. The standard InChI is InChI=1S/C20H19N3O4S/c1-12-4-3-5-15(8-12)19-22-23-20(27-19)28-10-18(24)21-13(2)14-6-7-16-17(9-14)26-11-25-16/h3-9,13H,10-11H2,1-2H3,(H,21,24)/t13-/m1/s1. The van der Waals surface area contributed by atoms with Crippen LogP contribution in [0.1, 0.15) is 24.1 Å². The number of benzene rings is 2. The zero-order valence-electron chi connectivity index (χ0n) is 15.5. The van der Waals surface area contributed by atoms with E-state index in [1.54, 1.807) is 0 Å². The van der Waals surface area contributed by atoms with E-state index in [0.717, 1.165) is 22.4 Å². The van der Waals surface area contributed by atoms with Crippen molar-refractivity contribution >= 4 is 17.7 Å². The molecule has 0 fully saturated rings. The van der Waals surface area contributed by atoms with Crippen molar-refractivity contribution in [3.63, 3.8) is 0 Å². The Hall–Kier alpha value is -3.00. The molecule has 0 saturated carbocycles. The SMILES string of the molecule is Cc1cccc(-c2nnc(SCC(=O)N[C@H](C)c3ccc4c(c3)OCO4)o2)c1. The molecule has 1 aliphatic heterocycles. The first-order valence-corrected chi connectivity index (χ1v) is 9.79. The Kier molecular flexibility index (Phi) is 5.21. The summed E-state index contributed by atoms with van der Waals surface area (Å²) in [7, 11) is 0. The normalized spacial score (nSPS) is 13.4. The lowest BCUT2D eigenvalue weighted by atomic mass is 10.1. The van der Waals surface area contributed by atoms with Gasteiger partial charge in [0, 0.05) is 5.56 Å². The largest absolute Gasteiger partial charge is 0.454 e. The maximum Gasteiger partial charge on any atom is 0.277 e. The van der Waals surface area contributed by atoms with Crippen molar-refractivity contribution in [1.82, 2.24) is 15.5 Å². The summed E-state index contributed by atoms with van der Waals surface area (Å²) in [6.07, 6.45) is 0. The number of aryl methyl sites for hydroxylation is 1. The third-order valence-electron chi connectivity index (χ3n) is 4.27. The molecule has 1 atom stereocenters. The van der Waals surface area contributed by atoms with Crippen LogP contribution in [0.5, 0.6) is 11.5 Å². The van der Waals surface area contributed by atoms with E-state index in [1.807, 2.05) is 56.3 Å². The number of aromatic nitrogens is 2. The summed E-state index contributed by atoms with van der Waals surface area (Å²) in [4.78, 5) is 12.3. The zero-order valence-corrected chi connectivity index (χ0v) is 16.3. The molecule has 0 radical (unpaired) electrons. The molecular weight excluding hydrogens is 378 g/mol. The number of nitrogens with one attached hydrogen (secondary N) is 1. The highest BCUT2D eigenvalue weighted by atomic mass is 32.2. The summed E-state index contributed by atoms with van der Waals surface area (Å²) < 4.78 is 16.3. The van der Waals surface area contributed by atoms with Crippen molar-refractivity contribution in [3.8, 4) is 23.0 Å². The Morgan fingerprint density at radius 1 is 1.18 bits per heavy atom. The predicted molar refractivity (Wildman–Crippen MR) is 104 cm³/mol. The van der Waals surface area contributed by atoms with Gasteiger partial charge in [0.15, 0.2) is 11.5 Å². The molecular formula is C20H19N3O4S. The minimum absolute atomic E-state index is 0.120. The van der Waals surface area contributed by atoms with Crippen LogP contribution in [-0.2, 0) is 4.79 Å². The van der Waals surface area contributed by atoms with Crippen molar-refractivity contribution in [2.45, 2.75) is 25.1 Å². The monoisotopic (exact) mass is 397 g/mol. The van der Waals surface area contributed by atoms with E-state index in [2.05, 4.69) is 15.5 Å². The van der Waals surface area contributed by atoms with Crippen LogP contribution < -0.4 is 14.8 Å². The number of thioether (sulfide) groups is 1. The number of ether oxygens (including phenoxy) is 2. The molecule has 1 amide bonds. The summed E-state index contributed by atoms with van der Waals surface area (Å²) >= 11 is 1.21. The number of nitrogens with zero attached hydrogens (tertiary/aromatic N) is 2. The van der Waals surface area contributed by atoms with Crippen molar-refractivity contribution in [3.05, 3.63) is 53.6 Å². The number of rotatable bonds is 6. The van der Waals surface area contributed by atoms with Gasteiger partial charge >= 0.3 is 0 Å². The second kappa shape index (κ2) is 7.93. The molecule has 28 heavy (non-hydrogen) atoms. The van der Waals surface area contributed by atoms with Crippen LogP contribution in [-0.4, -0.2) is 28.7 Å². The van der Waals surface area contributed by atoms with Gasteiger partial charge in [0.05, 0.1) is 11.8 Å². The summed E-state index contributed by atoms with van der Waals surface area (Å²) in [5, 5.41) is 11.4. The second-order valence-electron chi connectivity index (χ2n) is 6.43. The zero-order chi connectivity index (χ0) is 19.5. The number of amides is 1. The number of hydrogen-bond acceptors (Lipinski definition) is 7. The van der Waals surface area contributed by atoms with Gasteiger partial charge in [-0.15, -0.1) is 10.2 Å². The predicted octanol–water partition coefficient (Wildman–Crippen LogP) is 3.74. The first kappa shape index (κ1) is 18.4. The quantitative estimate of drug-likeness (QED) is 0.634. The summed E-state index contributed by atoms with van der Waals surface area (Å²) in [6, 6.07) is 13.3. The van der Waals surface area contributed by atoms with E-state index >= 15 is 0 Å². The summed E-state index contributed by atoms with van der Waals surface area (Å²) in [5.74, 6) is 1.93. The molecule has 4 rings (SSSR count). The van der Waals surface area contributed by atoms with E-state index in [1.165, 1.54) is 11.8 Å². The minimum Gasteiger partial charge on any atom is -0.454 e. The van der Waals surface area contributed by atoms with Crippen LogP contribution in [0.25, 0.3) is 11.5 Å². The number of fused-ring (bicyclic) bond motifs is 1. The highest BCUT2D eigenvalue weighted by Crippen LogP contribution is 2.34. The average Bonchev–Trinajstić information content (AvgIpc) is 3.35. The van der Waals surface area contributed by atoms with Crippen molar-refractivity contribution in [2.24, 2.45) is 0 Å². The lowest BCUT2D eigenvalue weighted by Crippen LogP contribution is -2.28. The van der Waals surface area contributed by atoms with Gasteiger partial charge in [-0.3, -0.25) is 4.79 Å². The van der Waals surface area contributed by atoms with E-state index in [4.69, 9.17) is 13.9 Å². The van der Waals surface area contributed by atoms with E-state index < -0.39 is 0 Å². The minimum atomic E-state index is -0.159. The first-order valence-electron chi connectivity index (χ1n) is 8.81. The maximum atomic E-state index is 12.3. The topological polar surface area (TPSA) is 86.5 Å². The van der Waals surface area contributed by atoms with Gasteiger partial charge in [0.25, 0.3) is 5.22 Å². The van der Waals surface area contributed by atoms with Crippen molar-refractivity contribution in [2.75, 3.05) is 12.5 Å². The fourth-order valence-electron chi connectivity index (χ4n) is 2.84. The van der Waals surface area contributed by atoms with E-state index in [-0.39, 0.29) is 24.5 Å². The first-order chi connectivity index (χ1) is 13.6. The average molecular weight is 397 g/mol. The van der Waals surface area contributed by atoms with E-state index in [0.29, 0.717) is 16.9 Å². The third kappa shape index (κ3) is 4.12. The van der Waals surface area contributed by atoms with Gasteiger partial charge in [-0.05, 0) is 43.7 Å². The van der Waals surface area contributed by atoms with Crippen molar-refractivity contribution < 1.29 is 18.7 Å². The van der Waals surface area contributed by atoms with Gasteiger partial charge < -0.3 is 19.2 Å². The lowest BCUT2D eigenvalue weighted by Gasteiger charge is -2.14. The second-order valence-corrected chi connectivity index (χ2v) is 7.36. The van der Waals surface area contributed by atoms with Crippen LogP contribution in [0.2, 0.25) is 0 Å². The fraction of sp³-hybridized carbons (Fsp3) is 0.250. The molecule has 0 unspecified atom stereocenters. The summed E-state index contributed by atoms with van der Waals surface area (Å²) in [5.41, 5.74) is 2.92. The Balaban J connectivity index is 1.32. The van der Waals surface area contributed by atoms with Crippen LogP contribution >= 0.6 is 11.8 Å². The fourth-order valence-corrected chi connectivity index (χ4v) is 3.41. The van der Waals surface area contributed by atoms with Crippen molar-refractivity contribution in [1.29, 1.82) is 0 Å². The number of hydrogen-bond donors (Lipinski definition) is 1. The molecule has 2 aromatic carbocycles. The van der Waals surface area contributed by atoms with Crippen LogP contribution in [0.15, 0.2) is 52.1 Å². The lowest BCUT2D eigenvalue weighted by molar-refractivity contribution is -0.119. The van der Waals surface area contributed by atoms with Gasteiger partial charge in [0.1, 0.15) is 0 Å². The molecule has 1 aliphatic rings. The third-order valence-corrected chi connectivity index (χ3v) is 5.09. The van der Waals surface area contributed by atoms with Crippen LogP contribution in [0, 0.1) is 6.92 Å². The molecule has 2 heterocycles. The molecule has 1 aromatic heterocycles. The van der Waals surface area contributed by atoms with E-state index in [9.17, 15) is 4.79 Å². The molecule has 3 aromatic rings. The Morgan fingerprint density at radius 2 is 2.04 bits per heavy atom. The summed E-state index contributed by atoms with van der Waals surface area (Å²) in [6.45, 7) is 4.15. The molecule has 8 heteroatoms. The highest BCUT2D eigenvalue weighted by Gasteiger charge is 2.17. The van der Waals surface area contributed by atoms with Gasteiger partial charge in [-0.1, -0.05) is 35.5 Å². The molecule has 0 bridgehead atoms. The molecule has 0 spiro atoms. The van der Waals surface area contributed by atoms with Crippen LogP contribution in [0.4, 0.5) is 0 Å². The Morgan fingerprint density at radius 3 is 2.89 bits per heavy atom. The Labute approximate surface area is 166 Å². The number of carbonyl (C=O) groups excluding carboxylic acids is 1. The molecule has 144 valence electrons. The number of carbonyl (C=O) groups is 1. The van der Waals surface area contributed by atoms with Gasteiger partial charge in [-0.2, -0.15) is 0 Å². The molecule has 1 N–H and O–H groups in total. The Bertz CT molecular complexity index is 1000. The highest BCUT2D eigenvalue weighted by molar-refractivity contribution is 7.99. The molecule has 0 saturated heterocycles. The maximum absolute atomic E-state index is 12.3.